The van der Waals surface area contributed by atoms with Gasteiger partial charge in [0.05, 0.1) is 5.69 Å². The molecule has 0 aliphatic carbocycles. The molecular formula is C14H18N4. The number of nitriles is 1. The summed E-state index contributed by atoms with van der Waals surface area (Å²) in [5.41, 5.74) is 1.50. The van der Waals surface area contributed by atoms with E-state index in [9.17, 15) is 5.26 Å². The van der Waals surface area contributed by atoms with Crippen LogP contribution in [0.3, 0.4) is 0 Å². The van der Waals surface area contributed by atoms with E-state index in [1.54, 1.807) is 0 Å². The first-order valence-electron chi connectivity index (χ1n) is 6.32. The lowest BCUT2D eigenvalue weighted by atomic mass is 10.1. The number of hydrogen-bond donors (Lipinski definition) is 0. The summed E-state index contributed by atoms with van der Waals surface area (Å²) < 4.78 is 1.82. The van der Waals surface area contributed by atoms with Crippen LogP contribution < -0.4 is 4.90 Å². The average Bonchev–Trinajstić information content (AvgIpc) is 2.90. The first-order valence-corrected chi connectivity index (χ1v) is 6.32. The van der Waals surface area contributed by atoms with E-state index in [-0.39, 0.29) is 0 Å². The molecule has 0 aromatic carbocycles. The molecule has 1 aromatic rings. The van der Waals surface area contributed by atoms with Crippen LogP contribution in [0.4, 0.5) is 5.82 Å². The molecule has 4 nitrogen and oxygen atoms in total. The van der Waals surface area contributed by atoms with Gasteiger partial charge in [-0.25, -0.2) is 0 Å². The zero-order valence-electron chi connectivity index (χ0n) is 11.0. The summed E-state index contributed by atoms with van der Waals surface area (Å²) in [5, 5.41) is 13.6. The molecule has 0 bridgehead atoms. The number of nitrogens with zero attached hydrogens (tertiary/aromatic N) is 4. The summed E-state index contributed by atoms with van der Waals surface area (Å²) in [4.78, 5) is 2.30. The summed E-state index contributed by atoms with van der Waals surface area (Å²) in [6.07, 6.45) is 9.43. The number of aromatic nitrogens is 2. The van der Waals surface area contributed by atoms with E-state index in [4.69, 9.17) is 6.42 Å². The molecule has 1 fully saturated rings. The summed E-state index contributed by atoms with van der Waals surface area (Å²) in [6, 6.07) is 2.72. The van der Waals surface area contributed by atoms with Gasteiger partial charge < -0.3 is 4.90 Å². The van der Waals surface area contributed by atoms with Crippen molar-refractivity contribution in [3.63, 3.8) is 0 Å². The molecule has 1 aliphatic rings. The van der Waals surface area contributed by atoms with E-state index in [1.807, 2.05) is 18.7 Å². The fourth-order valence-electron chi connectivity index (χ4n) is 2.77. The van der Waals surface area contributed by atoms with E-state index >= 15 is 0 Å². The van der Waals surface area contributed by atoms with Crippen LogP contribution in [0.2, 0.25) is 0 Å². The maximum atomic E-state index is 9.27. The molecule has 0 amide bonds. The highest BCUT2D eigenvalue weighted by molar-refractivity contribution is 5.58. The second-order valence-electron chi connectivity index (χ2n) is 4.75. The molecule has 0 N–H and O–H groups in total. The molecule has 2 rings (SSSR count). The van der Waals surface area contributed by atoms with Crippen molar-refractivity contribution in [1.82, 2.24) is 9.78 Å². The normalized spacial score (nSPS) is 18.7. The van der Waals surface area contributed by atoms with Gasteiger partial charge in [0.25, 0.3) is 0 Å². The van der Waals surface area contributed by atoms with Crippen LogP contribution in [-0.2, 0) is 7.05 Å². The van der Waals surface area contributed by atoms with Crippen LogP contribution in [0.25, 0.3) is 0 Å². The van der Waals surface area contributed by atoms with Crippen LogP contribution in [0.1, 0.15) is 36.9 Å². The number of aryl methyl sites for hydroxylation is 2. The fraction of sp³-hybridized carbons (Fsp3) is 0.571. The van der Waals surface area contributed by atoms with Gasteiger partial charge in [-0.05, 0) is 26.2 Å². The van der Waals surface area contributed by atoms with Gasteiger partial charge in [0.2, 0.25) is 0 Å². The third kappa shape index (κ3) is 2.07. The van der Waals surface area contributed by atoms with Gasteiger partial charge in [-0.2, -0.15) is 10.4 Å². The second kappa shape index (κ2) is 5.14. The number of hydrogen-bond acceptors (Lipinski definition) is 3. The monoisotopic (exact) mass is 242 g/mol. The highest BCUT2D eigenvalue weighted by atomic mass is 15.4. The zero-order valence-corrected chi connectivity index (χ0v) is 11.0. The van der Waals surface area contributed by atoms with Crippen molar-refractivity contribution in [1.29, 1.82) is 5.26 Å². The molecule has 0 saturated carbocycles. The van der Waals surface area contributed by atoms with E-state index in [0.717, 1.165) is 43.7 Å². The maximum Gasteiger partial charge on any atom is 0.145 e. The van der Waals surface area contributed by atoms with Crippen molar-refractivity contribution in [2.75, 3.05) is 11.4 Å². The number of anilines is 1. The quantitative estimate of drug-likeness (QED) is 0.761. The van der Waals surface area contributed by atoms with E-state index in [0.29, 0.717) is 11.6 Å². The van der Waals surface area contributed by atoms with E-state index in [2.05, 4.69) is 22.0 Å². The van der Waals surface area contributed by atoms with Crippen LogP contribution in [0, 0.1) is 30.6 Å². The standard InChI is InChI=1S/C14H18N4/c1-4-5-7-12-8-6-9-18(12)14-13(10-15)11(2)16-17(14)3/h1,12H,5-9H2,2-3H3. The van der Waals surface area contributed by atoms with Crippen molar-refractivity contribution in [3.8, 4) is 18.4 Å². The smallest absolute Gasteiger partial charge is 0.145 e. The van der Waals surface area contributed by atoms with Gasteiger partial charge in [-0.3, -0.25) is 4.68 Å². The Morgan fingerprint density at radius 2 is 2.33 bits per heavy atom. The summed E-state index contributed by atoms with van der Waals surface area (Å²) in [6.45, 7) is 2.87. The van der Waals surface area contributed by atoms with Crippen molar-refractivity contribution in [2.45, 2.75) is 38.6 Å². The largest absolute Gasteiger partial charge is 0.353 e. The van der Waals surface area contributed by atoms with E-state index < -0.39 is 0 Å². The van der Waals surface area contributed by atoms with Crippen LogP contribution in [-0.4, -0.2) is 22.4 Å². The molecule has 1 saturated heterocycles. The van der Waals surface area contributed by atoms with E-state index in [1.165, 1.54) is 0 Å². The predicted octanol–water partition coefficient (Wildman–Crippen LogP) is 1.98. The summed E-state index contributed by atoms with van der Waals surface area (Å²) in [7, 11) is 1.90. The first-order chi connectivity index (χ1) is 8.69. The zero-order chi connectivity index (χ0) is 13.1. The molecule has 4 heteroatoms. The molecule has 0 radical (unpaired) electrons. The van der Waals surface area contributed by atoms with Crippen LogP contribution in [0.5, 0.6) is 0 Å². The fourth-order valence-corrected chi connectivity index (χ4v) is 2.77. The number of rotatable bonds is 3. The Kier molecular flexibility index (Phi) is 3.58. The minimum atomic E-state index is 0.447. The molecule has 1 aliphatic heterocycles. The van der Waals surface area contributed by atoms with Gasteiger partial charge in [-0.15, -0.1) is 12.3 Å². The highest BCUT2D eigenvalue weighted by Crippen LogP contribution is 2.31. The lowest BCUT2D eigenvalue weighted by Gasteiger charge is -2.26. The summed E-state index contributed by atoms with van der Waals surface area (Å²) in [5.74, 6) is 3.65. The topological polar surface area (TPSA) is 44.9 Å². The minimum Gasteiger partial charge on any atom is -0.353 e. The molecule has 1 aromatic heterocycles. The Morgan fingerprint density at radius 1 is 1.56 bits per heavy atom. The Bertz CT molecular complexity index is 515. The molecule has 0 spiro atoms. The van der Waals surface area contributed by atoms with Gasteiger partial charge in [0.1, 0.15) is 17.5 Å². The molecule has 1 atom stereocenters. The first kappa shape index (κ1) is 12.5. The Hall–Kier alpha value is -1.94. The van der Waals surface area contributed by atoms with Gasteiger partial charge >= 0.3 is 0 Å². The van der Waals surface area contributed by atoms with Gasteiger partial charge in [-0.1, -0.05) is 0 Å². The molecule has 94 valence electrons. The SMILES string of the molecule is C#CCCC1CCCN1c1c(C#N)c(C)nn1C. The Labute approximate surface area is 108 Å². The Morgan fingerprint density at radius 3 is 3.00 bits per heavy atom. The summed E-state index contributed by atoms with van der Waals surface area (Å²) >= 11 is 0. The Balaban J connectivity index is 2.31. The lowest BCUT2D eigenvalue weighted by Crippen LogP contribution is -2.31. The van der Waals surface area contributed by atoms with Crippen molar-refractivity contribution < 1.29 is 0 Å². The average molecular weight is 242 g/mol. The molecular weight excluding hydrogens is 224 g/mol. The number of terminal acetylenes is 1. The molecule has 2 heterocycles. The molecule has 1 unspecified atom stereocenters. The minimum absolute atomic E-state index is 0.447. The van der Waals surface area contributed by atoms with Crippen molar-refractivity contribution in [2.24, 2.45) is 7.05 Å². The predicted molar refractivity (Wildman–Crippen MR) is 71.1 cm³/mol. The van der Waals surface area contributed by atoms with Crippen LogP contribution in [0.15, 0.2) is 0 Å². The van der Waals surface area contributed by atoms with Gasteiger partial charge in [0.15, 0.2) is 0 Å². The third-order valence-electron chi connectivity index (χ3n) is 3.57. The molecule has 18 heavy (non-hydrogen) atoms. The third-order valence-corrected chi connectivity index (χ3v) is 3.57. The van der Waals surface area contributed by atoms with Crippen LogP contribution >= 0.6 is 0 Å². The highest BCUT2D eigenvalue weighted by Gasteiger charge is 2.29. The lowest BCUT2D eigenvalue weighted by molar-refractivity contribution is 0.602. The second-order valence-corrected chi connectivity index (χ2v) is 4.75. The van der Waals surface area contributed by atoms with Gasteiger partial charge in [0, 0.05) is 26.1 Å². The van der Waals surface area contributed by atoms with Crippen molar-refractivity contribution >= 4 is 5.82 Å². The van der Waals surface area contributed by atoms with Crippen molar-refractivity contribution in [3.05, 3.63) is 11.3 Å². The maximum absolute atomic E-state index is 9.27.